The minimum atomic E-state index is 1.15. The zero-order valence-electron chi connectivity index (χ0n) is 41.4. The zero-order valence-corrected chi connectivity index (χ0v) is 44.6. The van der Waals surface area contributed by atoms with Gasteiger partial charge in [-0.25, -0.2) is 0 Å². The van der Waals surface area contributed by atoms with Crippen molar-refractivity contribution in [2.24, 2.45) is 0 Å². The summed E-state index contributed by atoms with van der Waals surface area (Å²) in [6.07, 6.45) is 34.2. The van der Waals surface area contributed by atoms with Crippen molar-refractivity contribution in [3.05, 3.63) is 153 Å². The van der Waals surface area contributed by atoms with Gasteiger partial charge in [0.05, 0.1) is 0 Å². The molecule has 0 N–H and O–H groups in total. The van der Waals surface area contributed by atoms with Gasteiger partial charge in [-0.1, -0.05) is 105 Å². The number of rotatable bonds is 27. The van der Waals surface area contributed by atoms with E-state index < -0.39 is 0 Å². The fraction of sp³-hybridized carbons (Fsp3) is 0.387. The number of hydrogen-bond acceptors (Lipinski definition) is 4. The Bertz CT molecular complexity index is 2420. The number of unbranched alkanes of at least 4 members (excludes halogenated alkanes) is 12. The number of pyridine rings is 2. The molecule has 6 heterocycles. The van der Waals surface area contributed by atoms with Crippen LogP contribution in [0.15, 0.2) is 131 Å². The van der Waals surface area contributed by atoms with E-state index in [1.54, 1.807) is 0 Å². The van der Waals surface area contributed by atoms with Gasteiger partial charge in [0.2, 0.25) is 11.4 Å². The molecule has 6 heteroatoms. The Labute approximate surface area is 425 Å². The number of nitrogens with zero attached hydrogens (tertiary/aromatic N) is 2. The van der Waals surface area contributed by atoms with Gasteiger partial charge in [0.15, 0.2) is 24.8 Å². The number of thiophene rings is 4. The van der Waals surface area contributed by atoms with Crippen molar-refractivity contribution in [2.45, 2.75) is 156 Å². The molecule has 0 atom stereocenters. The Morgan fingerprint density at radius 3 is 0.809 bits per heavy atom. The number of aryl methyl sites for hydroxylation is 4. The normalized spacial score (nSPS) is 11.5. The highest BCUT2D eigenvalue weighted by molar-refractivity contribution is 7.14. The van der Waals surface area contributed by atoms with Crippen LogP contribution in [0.5, 0.6) is 0 Å². The van der Waals surface area contributed by atoms with Crippen LogP contribution in [0, 0.1) is 0 Å². The van der Waals surface area contributed by atoms with Crippen LogP contribution >= 0.6 is 45.3 Å². The van der Waals surface area contributed by atoms with E-state index >= 15 is 0 Å². The van der Waals surface area contributed by atoms with E-state index in [2.05, 4.69) is 168 Å². The van der Waals surface area contributed by atoms with E-state index in [1.807, 2.05) is 45.3 Å². The Kier molecular flexibility index (Phi) is 19.1. The highest BCUT2D eigenvalue weighted by Gasteiger charge is 2.20. The van der Waals surface area contributed by atoms with Crippen LogP contribution in [0.4, 0.5) is 0 Å². The number of hydrogen-bond donors (Lipinski definition) is 0. The van der Waals surface area contributed by atoms with E-state index in [0.717, 1.165) is 25.7 Å². The van der Waals surface area contributed by atoms with Gasteiger partial charge in [0.1, 0.15) is 0 Å². The molecule has 2 aromatic carbocycles. The lowest BCUT2D eigenvalue weighted by atomic mass is 9.98. The lowest BCUT2D eigenvalue weighted by molar-refractivity contribution is -0.596. The summed E-state index contributed by atoms with van der Waals surface area (Å²) in [6, 6.07) is 33.3. The third-order valence-corrected chi connectivity index (χ3v) is 17.7. The Morgan fingerprint density at radius 1 is 0.294 bits per heavy atom. The second-order valence-electron chi connectivity index (χ2n) is 18.9. The molecule has 68 heavy (non-hydrogen) atoms. The van der Waals surface area contributed by atoms with Crippen LogP contribution in [0.2, 0.25) is 0 Å². The standard InChI is InChI=1S/C62H74N2S4/c1-5-9-13-17-21-49-29-37-65-59(49)53-41-54(60-50(30-38-66-60)22-18-14-10-6-2)44-57(43-53)63-33-25-47(26-34-63)48-27-35-64(36-28-48)58-45-55(61-51(31-39-67-61)23-19-15-11-7-3)42-56(46-58)62-52(32-40-68-62)24-20-16-12-8-4/h25-46H,5-24H2,1-4H3/q+2. The maximum atomic E-state index is 2.47. The second kappa shape index (κ2) is 25.9. The Hall–Kier alpha value is -4.46. The van der Waals surface area contributed by atoms with Crippen molar-refractivity contribution >= 4 is 45.3 Å². The summed E-state index contributed by atoms with van der Waals surface area (Å²) in [5.74, 6) is 0. The topological polar surface area (TPSA) is 7.76 Å². The average Bonchev–Trinajstić information content (AvgIpc) is 4.23. The number of benzene rings is 2. The van der Waals surface area contributed by atoms with Gasteiger partial charge in [-0.05, 0) is 165 Å². The van der Waals surface area contributed by atoms with Crippen molar-refractivity contribution in [3.8, 4) is 64.3 Å². The summed E-state index contributed by atoms with van der Waals surface area (Å²) in [7, 11) is 0. The fourth-order valence-corrected chi connectivity index (χ4v) is 13.5. The first kappa shape index (κ1) is 49.9. The summed E-state index contributed by atoms with van der Waals surface area (Å²) in [5, 5.41) is 9.20. The molecule has 354 valence electrons. The van der Waals surface area contributed by atoms with E-state index in [9.17, 15) is 0 Å². The monoisotopic (exact) mass is 974 g/mol. The van der Waals surface area contributed by atoms with Crippen molar-refractivity contribution in [1.82, 2.24) is 0 Å². The quantitative estimate of drug-likeness (QED) is 0.0358. The molecule has 0 fully saturated rings. The van der Waals surface area contributed by atoms with Gasteiger partial charge in [-0.3, -0.25) is 0 Å². The van der Waals surface area contributed by atoms with Gasteiger partial charge in [0, 0.05) is 68.0 Å². The van der Waals surface area contributed by atoms with E-state index in [0.29, 0.717) is 0 Å². The number of aromatic nitrogens is 2. The van der Waals surface area contributed by atoms with Crippen LogP contribution in [0.1, 0.15) is 153 Å². The third kappa shape index (κ3) is 13.0. The minimum absolute atomic E-state index is 1.15. The maximum absolute atomic E-state index is 2.47. The SMILES string of the molecule is CCCCCCc1ccsc1-c1cc(-c2sccc2CCCCCC)cc(-[n+]2ccc(-c3cc[n+](-c4cc(-c5sccc5CCCCCC)cc(-c5sccc5CCCCCC)c4)cc3)cc2)c1. The molecule has 0 radical (unpaired) electrons. The molecule has 0 spiro atoms. The van der Waals surface area contributed by atoms with Crippen LogP contribution in [-0.2, 0) is 25.7 Å². The maximum Gasteiger partial charge on any atom is 0.211 e. The van der Waals surface area contributed by atoms with Crippen molar-refractivity contribution in [1.29, 1.82) is 0 Å². The summed E-state index contributed by atoms with van der Waals surface area (Å²) in [4.78, 5) is 5.70. The lowest BCUT2D eigenvalue weighted by Gasteiger charge is -2.10. The first-order chi connectivity index (χ1) is 33.6. The van der Waals surface area contributed by atoms with E-state index in [1.165, 1.54) is 189 Å². The fourth-order valence-electron chi connectivity index (χ4n) is 9.74. The molecule has 0 saturated carbocycles. The van der Waals surface area contributed by atoms with E-state index in [-0.39, 0.29) is 0 Å². The molecular formula is C62H74N2S4+2. The van der Waals surface area contributed by atoms with Gasteiger partial charge >= 0.3 is 0 Å². The molecule has 8 rings (SSSR count). The Balaban J connectivity index is 1.08. The van der Waals surface area contributed by atoms with Crippen molar-refractivity contribution < 1.29 is 9.13 Å². The van der Waals surface area contributed by atoms with E-state index in [4.69, 9.17) is 0 Å². The summed E-state index contributed by atoms with van der Waals surface area (Å²) in [5.41, 5.74) is 16.2. The molecule has 0 unspecified atom stereocenters. The molecular weight excluding hydrogens is 901 g/mol. The van der Waals surface area contributed by atoms with Crippen LogP contribution in [0.3, 0.4) is 0 Å². The lowest BCUT2D eigenvalue weighted by Crippen LogP contribution is -2.30. The smallest absolute Gasteiger partial charge is 0.167 e. The highest BCUT2D eigenvalue weighted by Crippen LogP contribution is 2.40. The second-order valence-corrected chi connectivity index (χ2v) is 22.5. The molecule has 0 aliphatic heterocycles. The molecule has 0 amide bonds. The predicted molar refractivity (Wildman–Crippen MR) is 300 cm³/mol. The largest absolute Gasteiger partial charge is 0.211 e. The first-order valence-corrected chi connectivity index (χ1v) is 29.7. The average molecular weight is 976 g/mol. The van der Waals surface area contributed by atoms with Crippen LogP contribution < -0.4 is 9.13 Å². The van der Waals surface area contributed by atoms with Crippen LogP contribution in [-0.4, -0.2) is 0 Å². The molecule has 6 aromatic heterocycles. The molecule has 0 aliphatic rings. The molecule has 0 saturated heterocycles. The van der Waals surface area contributed by atoms with Crippen LogP contribution in [0.25, 0.3) is 64.3 Å². The van der Waals surface area contributed by atoms with Crippen molar-refractivity contribution in [3.63, 3.8) is 0 Å². The van der Waals surface area contributed by atoms with Gasteiger partial charge in [-0.15, -0.1) is 45.3 Å². The molecule has 0 aliphatic carbocycles. The third-order valence-electron chi connectivity index (χ3n) is 13.7. The minimum Gasteiger partial charge on any atom is -0.167 e. The van der Waals surface area contributed by atoms with Gasteiger partial charge < -0.3 is 0 Å². The van der Waals surface area contributed by atoms with Gasteiger partial charge in [-0.2, -0.15) is 9.13 Å². The predicted octanol–water partition coefficient (Wildman–Crippen LogP) is 19.3. The Morgan fingerprint density at radius 2 is 0.559 bits per heavy atom. The highest BCUT2D eigenvalue weighted by atomic mass is 32.1. The zero-order chi connectivity index (χ0) is 46.9. The summed E-state index contributed by atoms with van der Waals surface area (Å²) < 4.78 is 4.64. The molecule has 2 nitrogen and oxygen atoms in total. The summed E-state index contributed by atoms with van der Waals surface area (Å²) >= 11 is 7.60. The molecule has 8 aromatic rings. The van der Waals surface area contributed by atoms with Gasteiger partial charge in [0.25, 0.3) is 0 Å². The molecule has 0 bridgehead atoms. The summed E-state index contributed by atoms with van der Waals surface area (Å²) in [6.45, 7) is 9.20. The van der Waals surface area contributed by atoms with Crippen molar-refractivity contribution in [2.75, 3.05) is 0 Å². The first-order valence-electron chi connectivity index (χ1n) is 26.2.